The highest BCUT2D eigenvalue weighted by atomic mass is 19.4. The summed E-state index contributed by atoms with van der Waals surface area (Å²) in [5.41, 5.74) is 5.54. The largest absolute Gasteiger partial charge is 0.435 e. The standard InChI is InChI=1S/C16H17F3N4O/c17-16(18,19)14-6-8-23(21-14)12-4-1-3-11(9-12)15(24)22-7-2-5-13(22)10-20/h1,3-4,6,8-9,13H,2,5,7,10,20H2/t13-/m1/s1. The lowest BCUT2D eigenvalue weighted by atomic mass is 10.1. The maximum Gasteiger partial charge on any atom is 0.435 e. The number of likely N-dealkylation sites (tertiary alicyclic amines) is 1. The minimum absolute atomic E-state index is 0.0164. The first-order chi connectivity index (χ1) is 11.4. The van der Waals surface area contributed by atoms with Crippen LogP contribution in [0, 0.1) is 0 Å². The molecule has 0 unspecified atom stereocenters. The summed E-state index contributed by atoms with van der Waals surface area (Å²) < 4.78 is 39.1. The topological polar surface area (TPSA) is 64.2 Å². The zero-order valence-electron chi connectivity index (χ0n) is 12.8. The van der Waals surface area contributed by atoms with Gasteiger partial charge < -0.3 is 10.6 Å². The minimum atomic E-state index is -4.50. The van der Waals surface area contributed by atoms with E-state index in [9.17, 15) is 18.0 Å². The number of carbonyl (C=O) groups excluding carboxylic acids is 1. The zero-order valence-corrected chi connectivity index (χ0v) is 12.8. The summed E-state index contributed by atoms with van der Waals surface area (Å²) in [6.07, 6.45) is -1.50. The molecule has 2 N–H and O–H groups in total. The Hall–Kier alpha value is -2.35. The van der Waals surface area contributed by atoms with Crippen LogP contribution >= 0.6 is 0 Å². The van der Waals surface area contributed by atoms with Crippen LogP contribution in [0.5, 0.6) is 0 Å². The quantitative estimate of drug-likeness (QED) is 0.935. The molecule has 1 aromatic carbocycles. The molecule has 5 nitrogen and oxygen atoms in total. The number of nitrogens with two attached hydrogens (primary N) is 1. The van der Waals surface area contributed by atoms with E-state index in [-0.39, 0.29) is 11.9 Å². The first-order valence-corrected chi connectivity index (χ1v) is 7.64. The maximum absolute atomic E-state index is 12.7. The predicted molar refractivity (Wildman–Crippen MR) is 81.7 cm³/mol. The van der Waals surface area contributed by atoms with E-state index in [1.54, 1.807) is 29.2 Å². The molecule has 1 fully saturated rings. The average molecular weight is 338 g/mol. The summed E-state index contributed by atoms with van der Waals surface area (Å²) in [6, 6.07) is 7.34. The van der Waals surface area contributed by atoms with E-state index in [4.69, 9.17) is 5.73 Å². The van der Waals surface area contributed by atoms with Crippen molar-refractivity contribution in [3.63, 3.8) is 0 Å². The number of alkyl halides is 3. The molecule has 1 aliphatic heterocycles. The number of hydrogen-bond donors (Lipinski definition) is 1. The number of halogens is 3. The van der Waals surface area contributed by atoms with Gasteiger partial charge in [0.25, 0.3) is 5.91 Å². The first kappa shape index (κ1) is 16.5. The Morgan fingerprint density at radius 3 is 2.79 bits per heavy atom. The van der Waals surface area contributed by atoms with Gasteiger partial charge in [-0.15, -0.1) is 0 Å². The smallest absolute Gasteiger partial charge is 0.334 e. The van der Waals surface area contributed by atoms with Crippen LogP contribution in [0.2, 0.25) is 0 Å². The number of hydrogen-bond acceptors (Lipinski definition) is 3. The zero-order chi connectivity index (χ0) is 17.3. The van der Waals surface area contributed by atoms with Crippen molar-refractivity contribution in [3.05, 3.63) is 47.8 Å². The normalized spacial score (nSPS) is 18.2. The van der Waals surface area contributed by atoms with Crippen LogP contribution in [0.15, 0.2) is 36.5 Å². The lowest BCUT2D eigenvalue weighted by molar-refractivity contribution is -0.141. The van der Waals surface area contributed by atoms with Crippen molar-refractivity contribution < 1.29 is 18.0 Å². The van der Waals surface area contributed by atoms with Crippen LogP contribution < -0.4 is 5.73 Å². The second-order valence-electron chi connectivity index (χ2n) is 5.72. The monoisotopic (exact) mass is 338 g/mol. The third-order valence-electron chi connectivity index (χ3n) is 4.15. The molecule has 8 heteroatoms. The highest BCUT2D eigenvalue weighted by Gasteiger charge is 2.33. The minimum Gasteiger partial charge on any atom is -0.334 e. The third kappa shape index (κ3) is 3.14. The van der Waals surface area contributed by atoms with Gasteiger partial charge in [-0.05, 0) is 37.1 Å². The molecule has 1 aliphatic rings. The summed E-state index contributed by atoms with van der Waals surface area (Å²) >= 11 is 0. The fourth-order valence-electron chi connectivity index (χ4n) is 2.91. The Labute approximate surface area is 136 Å². The molecule has 2 heterocycles. The van der Waals surface area contributed by atoms with Gasteiger partial charge in [0.2, 0.25) is 0 Å². The second-order valence-corrected chi connectivity index (χ2v) is 5.72. The summed E-state index contributed by atoms with van der Waals surface area (Å²) in [5.74, 6) is -0.159. The summed E-state index contributed by atoms with van der Waals surface area (Å²) in [5, 5.41) is 3.53. The van der Waals surface area contributed by atoms with Gasteiger partial charge in [0.1, 0.15) is 0 Å². The molecule has 24 heavy (non-hydrogen) atoms. The van der Waals surface area contributed by atoms with E-state index in [1.165, 1.54) is 6.20 Å². The van der Waals surface area contributed by atoms with Crippen LogP contribution in [0.4, 0.5) is 13.2 Å². The molecule has 1 saturated heterocycles. The molecule has 1 aromatic heterocycles. The van der Waals surface area contributed by atoms with Crippen LogP contribution in [0.25, 0.3) is 5.69 Å². The van der Waals surface area contributed by atoms with Crippen LogP contribution in [0.3, 0.4) is 0 Å². The fourth-order valence-corrected chi connectivity index (χ4v) is 2.91. The number of rotatable bonds is 3. The van der Waals surface area contributed by atoms with Crippen molar-refractivity contribution in [1.82, 2.24) is 14.7 Å². The van der Waals surface area contributed by atoms with Crippen molar-refractivity contribution in [2.75, 3.05) is 13.1 Å². The van der Waals surface area contributed by atoms with Gasteiger partial charge in [0, 0.05) is 30.9 Å². The molecule has 1 amide bonds. The highest BCUT2D eigenvalue weighted by Crippen LogP contribution is 2.28. The van der Waals surface area contributed by atoms with Crippen molar-refractivity contribution in [3.8, 4) is 5.69 Å². The van der Waals surface area contributed by atoms with Crippen LogP contribution in [-0.2, 0) is 6.18 Å². The van der Waals surface area contributed by atoms with Crippen LogP contribution in [0.1, 0.15) is 28.9 Å². The molecule has 0 aliphatic carbocycles. The Bertz CT molecular complexity index is 741. The third-order valence-corrected chi connectivity index (χ3v) is 4.15. The number of nitrogens with zero attached hydrogens (tertiary/aromatic N) is 3. The average Bonchev–Trinajstić information content (AvgIpc) is 3.22. The van der Waals surface area contributed by atoms with Gasteiger partial charge in [-0.3, -0.25) is 4.79 Å². The molecule has 0 spiro atoms. The molecule has 0 radical (unpaired) electrons. The Morgan fingerprint density at radius 2 is 2.12 bits per heavy atom. The lowest BCUT2D eigenvalue weighted by Gasteiger charge is -2.23. The van der Waals surface area contributed by atoms with Crippen LogP contribution in [-0.4, -0.2) is 39.7 Å². The van der Waals surface area contributed by atoms with Crippen molar-refractivity contribution in [2.24, 2.45) is 5.73 Å². The van der Waals surface area contributed by atoms with Gasteiger partial charge in [-0.2, -0.15) is 18.3 Å². The van der Waals surface area contributed by atoms with Gasteiger partial charge in [-0.25, -0.2) is 4.68 Å². The Morgan fingerprint density at radius 1 is 1.33 bits per heavy atom. The summed E-state index contributed by atoms with van der Waals surface area (Å²) in [4.78, 5) is 14.4. The number of amides is 1. The fraction of sp³-hybridized carbons (Fsp3) is 0.375. The molecule has 2 aromatic rings. The first-order valence-electron chi connectivity index (χ1n) is 7.64. The predicted octanol–water partition coefficient (Wildman–Crippen LogP) is 2.45. The van der Waals surface area contributed by atoms with E-state index >= 15 is 0 Å². The number of aromatic nitrogens is 2. The van der Waals surface area contributed by atoms with Crippen molar-refractivity contribution in [1.29, 1.82) is 0 Å². The van der Waals surface area contributed by atoms with E-state index in [1.807, 2.05) is 0 Å². The van der Waals surface area contributed by atoms with E-state index in [0.29, 0.717) is 24.3 Å². The molecular formula is C16H17F3N4O. The molecule has 128 valence electrons. The second kappa shape index (κ2) is 6.27. The molecule has 0 saturated carbocycles. The summed E-state index contributed by atoms with van der Waals surface area (Å²) in [7, 11) is 0. The van der Waals surface area contributed by atoms with E-state index in [0.717, 1.165) is 23.6 Å². The Kier molecular flexibility index (Phi) is 4.31. The molecular weight excluding hydrogens is 321 g/mol. The van der Waals surface area contributed by atoms with E-state index < -0.39 is 11.9 Å². The van der Waals surface area contributed by atoms with Crippen molar-refractivity contribution in [2.45, 2.75) is 25.1 Å². The lowest BCUT2D eigenvalue weighted by Crippen LogP contribution is -2.39. The SMILES string of the molecule is NC[C@H]1CCCN1C(=O)c1cccc(-n2ccc(C(F)(F)F)n2)c1. The summed E-state index contributed by atoms with van der Waals surface area (Å²) in [6.45, 7) is 1.05. The highest BCUT2D eigenvalue weighted by molar-refractivity contribution is 5.95. The maximum atomic E-state index is 12.7. The van der Waals surface area contributed by atoms with E-state index in [2.05, 4.69) is 5.10 Å². The van der Waals surface area contributed by atoms with Gasteiger partial charge in [-0.1, -0.05) is 6.07 Å². The number of benzene rings is 1. The number of carbonyl (C=O) groups is 1. The van der Waals surface area contributed by atoms with Gasteiger partial charge >= 0.3 is 6.18 Å². The van der Waals surface area contributed by atoms with Crippen molar-refractivity contribution >= 4 is 5.91 Å². The van der Waals surface area contributed by atoms with Gasteiger partial charge in [0.05, 0.1) is 5.69 Å². The molecule has 0 bridgehead atoms. The molecule has 3 rings (SSSR count). The molecule has 1 atom stereocenters. The Balaban J connectivity index is 1.87. The van der Waals surface area contributed by atoms with Gasteiger partial charge in [0.15, 0.2) is 5.69 Å².